The van der Waals surface area contributed by atoms with Gasteiger partial charge in [-0.15, -0.1) is 0 Å². The molecule has 1 N–H and O–H groups in total. The Hall–Kier alpha value is -3.63. The van der Waals surface area contributed by atoms with E-state index in [0.29, 0.717) is 43.3 Å². The molecule has 2 fully saturated rings. The highest BCUT2D eigenvalue weighted by Gasteiger charge is 2.51. The van der Waals surface area contributed by atoms with Gasteiger partial charge in [-0.25, -0.2) is 9.69 Å². The maximum atomic E-state index is 13.0. The Morgan fingerprint density at radius 3 is 2.47 bits per heavy atom. The summed E-state index contributed by atoms with van der Waals surface area (Å²) in [4.78, 5) is 43.5. The molecule has 0 bridgehead atoms. The van der Waals surface area contributed by atoms with Crippen molar-refractivity contribution in [3.05, 3.63) is 76.1 Å². The summed E-state index contributed by atoms with van der Waals surface area (Å²) in [5.74, 6) is 0.0391. The summed E-state index contributed by atoms with van der Waals surface area (Å²) in [5.41, 5.74) is -0.395. The number of benzene rings is 1. The Labute approximate surface area is 200 Å². The van der Waals surface area contributed by atoms with Gasteiger partial charge in [0.1, 0.15) is 10.8 Å². The maximum absolute atomic E-state index is 13.0. The van der Waals surface area contributed by atoms with Gasteiger partial charge < -0.3 is 14.6 Å². The summed E-state index contributed by atoms with van der Waals surface area (Å²) in [6.07, 6.45) is 3.07. The average molecular weight is 483 g/mol. The van der Waals surface area contributed by atoms with Crippen LogP contribution >= 0.6 is 11.6 Å². The smallest absolute Gasteiger partial charge is 0.326 e. The van der Waals surface area contributed by atoms with Gasteiger partial charge in [0.05, 0.1) is 30.5 Å². The van der Waals surface area contributed by atoms with E-state index in [2.05, 4.69) is 10.4 Å². The number of rotatable bonds is 5. The molecular formula is C23H23ClN6O4. The SMILES string of the molecule is C[C@]1(c2ccco2)NC(=O)N(CN2CCN(c3cnn(-c4ccccc4)c(=O)c3Cl)CC2)C1=O. The number of nitrogens with zero attached hydrogens (tertiary/aromatic N) is 5. The van der Waals surface area contributed by atoms with Crippen LogP contribution in [0.4, 0.5) is 10.5 Å². The summed E-state index contributed by atoms with van der Waals surface area (Å²) < 4.78 is 6.64. The summed E-state index contributed by atoms with van der Waals surface area (Å²) in [5, 5.41) is 7.14. The number of halogens is 1. The lowest BCUT2D eigenvalue weighted by molar-refractivity contribution is -0.133. The third-order valence-electron chi connectivity index (χ3n) is 6.24. The average Bonchev–Trinajstić information content (AvgIpc) is 3.47. The predicted molar refractivity (Wildman–Crippen MR) is 125 cm³/mol. The minimum absolute atomic E-state index is 0.107. The molecule has 3 aromatic rings. The molecule has 0 radical (unpaired) electrons. The van der Waals surface area contributed by atoms with Crippen LogP contribution in [0.2, 0.25) is 5.02 Å². The summed E-state index contributed by atoms with van der Waals surface area (Å²) >= 11 is 6.43. The lowest BCUT2D eigenvalue weighted by Crippen LogP contribution is -2.52. The van der Waals surface area contributed by atoms with E-state index in [0.717, 1.165) is 0 Å². The Morgan fingerprint density at radius 2 is 1.79 bits per heavy atom. The van der Waals surface area contributed by atoms with E-state index in [1.54, 1.807) is 37.4 Å². The standard InChI is InChI=1S/C23H23ClN6O4/c1-23(18-8-5-13-34-18)21(32)29(22(33)26-23)15-27-9-11-28(12-10-27)17-14-25-30(20(31)19(17)24)16-6-3-2-4-7-16/h2-8,13-14H,9-12,15H2,1H3,(H,26,33)/t23-/m1/s1. The summed E-state index contributed by atoms with van der Waals surface area (Å²) in [7, 11) is 0. The number of hydrogen-bond donors (Lipinski definition) is 1. The van der Waals surface area contributed by atoms with Crippen molar-refractivity contribution in [3.63, 3.8) is 0 Å². The summed E-state index contributed by atoms with van der Waals surface area (Å²) in [6, 6.07) is 12.0. The molecule has 2 aliphatic heterocycles. The third kappa shape index (κ3) is 3.74. The number of aromatic nitrogens is 2. The number of carbonyl (C=O) groups is 2. The van der Waals surface area contributed by atoms with Crippen molar-refractivity contribution < 1.29 is 14.0 Å². The van der Waals surface area contributed by atoms with Crippen LogP contribution in [0.25, 0.3) is 5.69 Å². The number of furan rings is 1. The van der Waals surface area contributed by atoms with Gasteiger partial charge in [0.2, 0.25) is 0 Å². The highest BCUT2D eigenvalue weighted by Crippen LogP contribution is 2.29. The minimum atomic E-state index is -1.22. The molecule has 0 aliphatic carbocycles. The number of para-hydroxylation sites is 1. The number of hydrogen-bond acceptors (Lipinski definition) is 7. The van der Waals surface area contributed by atoms with Crippen molar-refractivity contribution in [2.75, 3.05) is 37.7 Å². The van der Waals surface area contributed by atoms with E-state index in [1.807, 2.05) is 28.0 Å². The zero-order chi connectivity index (χ0) is 23.9. The van der Waals surface area contributed by atoms with Gasteiger partial charge in [0.15, 0.2) is 5.54 Å². The maximum Gasteiger partial charge on any atom is 0.326 e. The number of imide groups is 1. The monoisotopic (exact) mass is 482 g/mol. The normalized spacial score (nSPS) is 21.2. The molecule has 0 saturated carbocycles. The molecule has 1 atom stereocenters. The first-order valence-electron chi connectivity index (χ1n) is 10.9. The second kappa shape index (κ2) is 8.62. The van der Waals surface area contributed by atoms with Crippen molar-refractivity contribution in [1.82, 2.24) is 24.9 Å². The van der Waals surface area contributed by atoms with Crippen LogP contribution in [-0.2, 0) is 10.3 Å². The third-order valence-corrected chi connectivity index (χ3v) is 6.60. The van der Waals surface area contributed by atoms with E-state index in [4.69, 9.17) is 16.0 Å². The van der Waals surface area contributed by atoms with Crippen LogP contribution in [0.3, 0.4) is 0 Å². The van der Waals surface area contributed by atoms with Crippen LogP contribution in [0.15, 0.2) is 64.1 Å². The van der Waals surface area contributed by atoms with Gasteiger partial charge in [-0.05, 0) is 31.2 Å². The molecule has 11 heteroatoms. The van der Waals surface area contributed by atoms with Crippen molar-refractivity contribution in [2.45, 2.75) is 12.5 Å². The number of nitrogens with one attached hydrogen (secondary N) is 1. The van der Waals surface area contributed by atoms with Gasteiger partial charge in [-0.2, -0.15) is 9.78 Å². The lowest BCUT2D eigenvalue weighted by Gasteiger charge is -2.37. The Morgan fingerprint density at radius 1 is 1.06 bits per heavy atom. The first-order valence-corrected chi connectivity index (χ1v) is 11.2. The fraction of sp³-hybridized carbons (Fsp3) is 0.304. The minimum Gasteiger partial charge on any atom is -0.466 e. The van der Waals surface area contributed by atoms with Gasteiger partial charge >= 0.3 is 6.03 Å². The van der Waals surface area contributed by atoms with Crippen LogP contribution in [0, 0.1) is 0 Å². The quantitative estimate of drug-likeness (QED) is 0.555. The second-order valence-electron chi connectivity index (χ2n) is 8.41. The van der Waals surface area contributed by atoms with Gasteiger partial charge in [0.25, 0.3) is 11.5 Å². The van der Waals surface area contributed by atoms with E-state index in [1.165, 1.54) is 15.8 Å². The molecule has 1 aromatic carbocycles. The molecule has 0 spiro atoms. The highest BCUT2D eigenvalue weighted by atomic mass is 35.5. The molecule has 4 heterocycles. The van der Waals surface area contributed by atoms with E-state index >= 15 is 0 Å². The summed E-state index contributed by atoms with van der Waals surface area (Å²) in [6.45, 7) is 4.08. The topological polar surface area (TPSA) is 104 Å². The molecule has 2 aliphatic rings. The van der Waals surface area contributed by atoms with Gasteiger partial charge in [-0.3, -0.25) is 14.5 Å². The number of urea groups is 1. The first-order chi connectivity index (χ1) is 16.4. The van der Waals surface area contributed by atoms with Crippen LogP contribution in [0.1, 0.15) is 12.7 Å². The van der Waals surface area contributed by atoms with Gasteiger partial charge in [-0.1, -0.05) is 29.8 Å². The molecule has 34 heavy (non-hydrogen) atoms. The van der Waals surface area contributed by atoms with Crippen LogP contribution in [0.5, 0.6) is 0 Å². The van der Waals surface area contributed by atoms with Crippen molar-refractivity contribution >= 4 is 29.2 Å². The Balaban J connectivity index is 1.25. The van der Waals surface area contributed by atoms with Gasteiger partial charge in [0, 0.05) is 26.2 Å². The zero-order valence-corrected chi connectivity index (χ0v) is 19.2. The van der Waals surface area contributed by atoms with Crippen LogP contribution in [-0.4, -0.2) is 64.4 Å². The lowest BCUT2D eigenvalue weighted by atomic mass is 9.99. The molecular weight excluding hydrogens is 460 g/mol. The molecule has 176 valence electrons. The number of amides is 3. The number of carbonyl (C=O) groups excluding carboxylic acids is 2. The first kappa shape index (κ1) is 22.2. The van der Waals surface area contributed by atoms with E-state index in [-0.39, 0.29) is 23.2 Å². The molecule has 3 amide bonds. The zero-order valence-electron chi connectivity index (χ0n) is 18.5. The van der Waals surface area contributed by atoms with Crippen molar-refractivity contribution in [2.24, 2.45) is 0 Å². The molecule has 2 aromatic heterocycles. The largest absolute Gasteiger partial charge is 0.466 e. The molecule has 5 rings (SSSR count). The molecule has 10 nitrogen and oxygen atoms in total. The van der Waals surface area contributed by atoms with E-state index < -0.39 is 11.6 Å². The highest BCUT2D eigenvalue weighted by molar-refractivity contribution is 6.33. The fourth-order valence-corrected chi connectivity index (χ4v) is 4.53. The predicted octanol–water partition coefficient (Wildman–Crippen LogP) is 2.03. The second-order valence-corrected chi connectivity index (χ2v) is 8.79. The molecule has 2 saturated heterocycles. The Kier molecular flexibility index (Phi) is 5.62. The number of anilines is 1. The fourth-order valence-electron chi connectivity index (χ4n) is 4.28. The number of piperazine rings is 1. The Bertz CT molecular complexity index is 1270. The van der Waals surface area contributed by atoms with E-state index in [9.17, 15) is 14.4 Å². The van der Waals surface area contributed by atoms with Crippen molar-refractivity contribution in [3.8, 4) is 5.69 Å². The van der Waals surface area contributed by atoms with Crippen LogP contribution < -0.4 is 15.8 Å². The molecule has 0 unspecified atom stereocenters. The van der Waals surface area contributed by atoms with Crippen molar-refractivity contribution in [1.29, 1.82) is 0 Å².